The van der Waals surface area contributed by atoms with E-state index in [1.165, 1.54) is 22.3 Å². The van der Waals surface area contributed by atoms with E-state index in [0.29, 0.717) is 26.1 Å². The Hall–Kier alpha value is -1.68. The molecule has 2 nitrogen and oxygen atoms in total. The van der Waals surface area contributed by atoms with E-state index < -0.39 is 11.0 Å². The zero-order valence-corrected chi connectivity index (χ0v) is 26.7. The third-order valence-corrected chi connectivity index (χ3v) is 8.69. The first kappa shape index (κ1) is 36.5. The topological polar surface area (TPSA) is 18.5 Å². The largest absolute Gasteiger partial charge is 0.493 e. The van der Waals surface area contributed by atoms with E-state index in [4.69, 9.17) is 9.47 Å². The molecule has 0 aliphatic heterocycles. The number of unbranched alkanes of at least 4 members (excludes halogenated alkanes) is 6. The molecule has 0 aliphatic carbocycles. The molecule has 10 heteroatoms. The molecular weight excluding hydrogens is 594 g/mol. The van der Waals surface area contributed by atoms with Crippen LogP contribution in [0.5, 0.6) is 11.5 Å². The Labute approximate surface area is 255 Å². The highest BCUT2D eigenvalue weighted by Gasteiger charge is 2.27. The van der Waals surface area contributed by atoms with Crippen LogP contribution in [0.15, 0.2) is 24.3 Å². The normalized spacial score (nSPS) is 12.1. The van der Waals surface area contributed by atoms with Crippen molar-refractivity contribution in [1.82, 2.24) is 0 Å². The molecule has 0 spiro atoms. The van der Waals surface area contributed by atoms with Gasteiger partial charge in [0.05, 0.1) is 13.2 Å². The average molecular weight is 639 g/mol. The molecule has 42 heavy (non-hydrogen) atoms. The number of hydrogen-bond donors (Lipinski definition) is 0. The summed E-state index contributed by atoms with van der Waals surface area (Å²) in [5.41, 5.74) is -1.32. The van der Waals surface area contributed by atoms with Gasteiger partial charge in [-0.15, -0.1) is 0 Å². The van der Waals surface area contributed by atoms with Gasteiger partial charge in [0, 0.05) is 11.5 Å². The number of alkyl halides is 6. The third-order valence-electron chi connectivity index (χ3n) is 7.05. The van der Waals surface area contributed by atoms with E-state index in [0.717, 1.165) is 74.0 Å². The molecule has 0 unspecified atom stereocenters. The molecule has 0 aromatic heterocycles. The van der Waals surface area contributed by atoms with Crippen molar-refractivity contribution >= 4 is 23.5 Å². The number of hydrogen-bond acceptors (Lipinski definition) is 4. The van der Waals surface area contributed by atoms with Crippen LogP contribution in [0.4, 0.5) is 26.3 Å². The maximum Gasteiger partial charge on any atom is 0.441 e. The van der Waals surface area contributed by atoms with Crippen LogP contribution in [0.3, 0.4) is 0 Å². The molecule has 0 heterocycles. The number of aryl methyl sites for hydroxylation is 6. The molecule has 238 valence electrons. The second-order valence-corrected chi connectivity index (χ2v) is 13.0. The van der Waals surface area contributed by atoms with Gasteiger partial charge in [0.15, 0.2) is 0 Å². The van der Waals surface area contributed by atoms with Gasteiger partial charge < -0.3 is 9.47 Å². The van der Waals surface area contributed by atoms with Crippen LogP contribution in [0.25, 0.3) is 0 Å². The quantitative estimate of drug-likeness (QED) is 0.113. The van der Waals surface area contributed by atoms with E-state index in [2.05, 4.69) is 38.1 Å². The Morgan fingerprint density at radius 2 is 0.857 bits per heavy atom. The van der Waals surface area contributed by atoms with Gasteiger partial charge in [-0.2, -0.15) is 26.3 Å². The van der Waals surface area contributed by atoms with E-state index >= 15 is 0 Å². The highest BCUT2D eigenvalue weighted by Crippen LogP contribution is 2.32. The van der Waals surface area contributed by atoms with Gasteiger partial charge in [-0.05, 0) is 112 Å². The number of ether oxygens (including phenoxy) is 2. The second-order valence-electron chi connectivity index (χ2n) is 10.7. The van der Waals surface area contributed by atoms with Gasteiger partial charge in [-0.3, -0.25) is 0 Å². The van der Waals surface area contributed by atoms with Gasteiger partial charge in [-0.1, -0.05) is 61.3 Å². The van der Waals surface area contributed by atoms with Crippen molar-refractivity contribution in [2.45, 2.75) is 103 Å². The summed E-state index contributed by atoms with van der Waals surface area (Å²) in [7, 11) is 0. The minimum Gasteiger partial charge on any atom is -0.493 e. The molecule has 0 aliphatic rings. The van der Waals surface area contributed by atoms with Crippen LogP contribution >= 0.6 is 23.5 Å². The summed E-state index contributed by atoms with van der Waals surface area (Å²) in [5.74, 6) is 1.92. The molecule has 0 amide bonds. The molecule has 2 aromatic rings. The summed E-state index contributed by atoms with van der Waals surface area (Å²) in [4.78, 5) is 0. The lowest BCUT2D eigenvalue weighted by Crippen LogP contribution is -2.04. The Morgan fingerprint density at radius 3 is 1.21 bits per heavy atom. The monoisotopic (exact) mass is 638 g/mol. The number of benzene rings is 2. The molecule has 0 radical (unpaired) electrons. The van der Waals surface area contributed by atoms with Crippen molar-refractivity contribution in [2.75, 3.05) is 24.7 Å². The van der Waals surface area contributed by atoms with Gasteiger partial charge in [0.25, 0.3) is 0 Å². The fourth-order valence-corrected chi connectivity index (χ4v) is 5.88. The SMILES string of the molecule is Cc1cc(C)c(OCCCCCCSC(F)(F)F)cc1CCc1cc(OCCCCCCSC(F)(F)F)c(C)cc1C. The number of halogens is 6. The molecule has 0 saturated heterocycles. The molecule has 0 atom stereocenters. The Morgan fingerprint density at radius 1 is 0.500 bits per heavy atom. The van der Waals surface area contributed by atoms with Crippen molar-refractivity contribution in [1.29, 1.82) is 0 Å². The van der Waals surface area contributed by atoms with Crippen LogP contribution in [0.1, 0.15) is 84.7 Å². The predicted octanol–water partition coefficient (Wildman–Crippen LogP) is 11.1. The molecule has 0 bridgehead atoms. The first-order valence-corrected chi connectivity index (χ1v) is 16.6. The summed E-state index contributed by atoms with van der Waals surface area (Å²) in [6.07, 6.45) is 7.62. The van der Waals surface area contributed by atoms with Crippen molar-refractivity contribution < 1.29 is 35.8 Å². The molecule has 2 aromatic carbocycles. The maximum atomic E-state index is 12.2. The van der Waals surface area contributed by atoms with E-state index in [1.807, 2.05) is 13.8 Å². The highest BCUT2D eigenvalue weighted by molar-refractivity contribution is 8.00. The van der Waals surface area contributed by atoms with Gasteiger partial charge in [0.1, 0.15) is 11.5 Å². The van der Waals surface area contributed by atoms with Gasteiger partial charge >= 0.3 is 11.0 Å². The Kier molecular flexibility index (Phi) is 15.8. The van der Waals surface area contributed by atoms with Crippen molar-refractivity contribution in [3.05, 3.63) is 57.6 Å². The average Bonchev–Trinajstić information content (AvgIpc) is 2.88. The van der Waals surface area contributed by atoms with Crippen molar-refractivity contribution in [2.24, 2.45) is 0 Å². The lowest BCUT2D eigenvalue weighted by Gasteiger charge is -2.16. The number of rotatable bonds is 19. The third kappa shape index (κ3) is 15.2. The minimum atomic E-state index is -4.15. The number of thioether (sulfide) groups is 2. The van der Waals surface area contributed by atoms with Gasteiger partial charge in [0.2, 0.25) is 0 Å². The Balaban J connectivity index is 1.81. The summed E-state index contributed by atoms with van der Waals surface area (Å²) in [5, 5.41) is 0. The summed E-state index contributed by atoms with van der Waals surface area (Å²) in [6, 6.07) is 8.49. The standard InChI is InChI=1S/C32H44F6O2S2/c1-23-19-25(3)29(39-15-9-5-7-11-17-41-31(33,34)35)21-27(23)13-14-28-22-30(26(4)20-24(28)2)40-16-10-6-8-12-18-42-32(36,37)38/h19-22H,5-18H2,1-4H3. The lowest BCUT2D eigenvalue weighted by molar-refractivity contribution is -0.0336. The fourth-order valence-electron chi connectivity index (χ4n) is 4.72. The van der Waals surface area contributed by atoms with Crippen LogP contribution in [-0.2, 0) is 12.8 Å². The predicted molar refractivity (Wildman–Crippen MR) is 164 cm³/mol. The Bertz CT molecular complexity index is 1000. The maximum absolute atomic E-state index is 12.2. The fraction of sp³-hybridized carbons (Fsp3) is 0.625. The zero-order valence-electron chi connectivity index (χ0n) is 25.1. The van der Waals surface area contributed by atoms with Crippen LogP contribution < -0.4 is 9.47 Å². The van der Waals surface area contributed by atoms with Crippen LogP contribution in [-0.4, -0.2) is 35.7 Å². The highest BCUT2D eigenvalue weighted by atomic mass is 32.2. The van der Waals surface area contributed by atoms with Crippen molar-refractivity contribution in [3.63, 3.8) is 0 Å². The molecule has 0 saturated carbocycles. The van der Waals surface area contributed by atoms with Crippen LogP contribution in [0.2, 0.25) is 0 Å². The summed E-state index contributed by atoms with van der Waals surface area (Å²) in [6.45, 7) is 9.33. The molecule has 2 rings (SSSR count). The minimum absolute atomic E-state index is 0.0462. The van der Waals surface area contributed by atoms with Crippen molar-refractivity contribution in [3.8, 4) is 11.5 Å². The van der Waals surface area contributed by atoms with Gasteiger partial charge in [-0.25, -0.2) is 0 Å². The van der Waals surface area contributed by atoms with Crippen LogP contribution in [0, 0.1) is 27.7 Å². The first-order chi connectivity index (χ1) is 19.7. The van der Waals surface area contributed by atoms with E-state index in [9.17, 15) is 26.3 Å². The van der Waals surface area contributed by atoms with E-state index in [-0.39, 0.29) is 35.0 Å². The zero-order chi connectivity index (χ0) is 31.2. The summed E-state index contributed by atoms with van der Waals surface area (Å²) >= 11 is 0.0925. The molecule has 0 N–H and O–H groups in total. The lowest BCUT2D eigenvalue weighted by atomic mass is 9.95. The first-order valence-electron chi connectivity index (χ1n) is 14.6. The summed E-state index contributed by atoms with van der Waals surface area (Å²) < 4.78 is 85.4. The molecular formula is C32H44F6O2S2. The second kappa shape index (κ2) is 18.2. The molecule has 0 fully saturated rings. The smallest absolute Gasteiger partial charge is 0.441 e. The van der Waals surface area contributed by atoms with E-state index in [1.54, 1.807) is 0 Å².